The highest BCUT2D eigenvalue weighted by molar-refractivity contribution is 5.93. The number of nitrogens with zero attached hydrogens (tertiary/aromatic N) is 1. The molecular formula is C24H34N2O3. The number of carbonyl (C=O) groups is 2. The van der Waals surface area contributed by atoms with Crippen molar-refractivity contribution in [2.45, 2.75) is 63.8 Å². The lowest BCUT2D eigenvalue weighted by molar-refractivity contribution is -0.153. The minimum atomic E-state index is -0.914. The van der Waals surface area contributed by atoms with Crippen LogP contribution in [0.1, 0.15) is 69.5 Å². The molecule has 1 unspecified atom stereocenters. The van der Waals surface area contributed by atoms with Crippen LogP contribution in [0.25, 0.3) is 0 Å². The maximum atomic E-state index is 13.9. The normalized spacial score (nSPS) is 29.1. The van der Waals surface area contributed by atoms with E-state index in [4.69, 9.17) is 0 Å². The van der Waals surface area contributed by atoms with Crippen molar-refractivity contribution in [3.63, 3.8) is 0 Å². The van der Waals surface area contributed by atoms with Crippen LogP contribution in [0.3, 0.4) is 0 Å². The first-order valence-electron chi connectivity index (χ1n) is 11.3. The Bertz CT molecular complexity index is 761. The number of carbonyl (C=O) groups excluding carboxylic acids is 1. The molecule has 0 bridgehead atoms. The summed E-state index contributed by atoms with van der Waals surface area (Å²) in [5, 5.41) is 13.0. The molecule has 0 aromatic heterocycles. The van der Waals surface area contributed by atoms with Gasteiger partial charge in [-0.3, -0.25) is 9.59 Å². The van der Waals surface area contributed by atoms with Gasteiger partial charge in [0.25, 0.3) is 0 Å². The zero-order valence-electron chi connectivity index (χ0n) is 17.7. The summed E-state index contributed by atoms with van der Waals surface area (Å²) in [7, 11) is 0. The molecule has 2 aliphatic heterocycles. The molecule has 2 heterocycles. The molecule has 1 saturated carbocycles. The van der Waals surface area contributed by atoms with E-state index in [0.29, 0.717) is 11.8 Å². The number of nitrogens with one attached hydrogen (secondary N) is 1. The lowest BCUT2D eigenvalue weighted by atomic mass is 9.64. The first kappa shape index (κ1) is 20.4. The summed E-state index contributed by atoms with van der Waals surface area (Å²) < 4.78 is 0. The second kappa shape index (κ2) is 8.10. The van der Waals surface area contributed by atoms with Crippen molar-refractivity contribution >= 4 is 11.9 Å². The van der Waals surface area contributed by atoms with E-state index in [1.165, 1.54) is 18.4 Å². The van der Waals surface area contributed by atoms with E-state index in [2.05, 4.69) is 37.4 Å². The smallest absolute Gasteiger partial charge is 0.323 e. The van der Waals surface area contributed by atoms with Gasteiger partial charge in [0.05, 0.1) is 11.5 Å². The first-order chi connectivity index (χ1) is 13.9. The highest BCUT2D eigenvalue weighted by Gasteiger charge is 2.52. The molecule has 0 radical (unpaired) electrons. The van der Waals surface area contributed by atoms with Crippen molar-refractivity contribution in [3.05, 3.63) is 35.4 Å². The Kier molecular flexibility index (Phi) is 5.69. The summed E-state index contributed by atoms with van der Waals surface area (Å²) in [6.07, 6.45) is 5.97. The molecule has 1 aromatic carbocycles. The van der Waals surface area contributed by atoms with Crippen molar-refractivity contribution in [3.8, 4) is 0 Å². The molecule has 3 aliphatic rings. The van der Waals surface area contributed by atoms with Gasteiger partial charge in [-0.1, -0.05) is 38.1 Å². The number of carboxylic acids is 1. The number of fused-ring (bicyclic) bond motifs is 2. The van der Waals surface area contributed by atoms with Crippen LogP contribution in [0.15, 0.2) is 24.3 Å². The van der Waals surface area contributed by atoms with Crippen LogP contribution >= 0.6 is 0 Å². The fraction of sp³-hybridized carbons (Fsp3) is 0.667. The van der Waals surface area contributed by atoms with Crippen LogP contribution in [0.4, 0.5) is 0 Å². The molecule has 2 fully saturated rings. The molecule has 5 nitrogen and oxygen atoms in total. The van der Waals surface area contributed by atoms with Crippen LogP contribution in [-0.2, 0) is 15.0 Å². The van der Waals surface area contributed by atoms with Gasteiger partial charge in [-0.05, 0) is 80.5 Å². The van der Waals surface area contributed by atoms with Gasteiger partial charge in [0.1, 0.15) is 6.54 Å². The highest BCUT2D eigenvalue weighted by atomic mass is 16.4. The maximum absolute atomic E-state index is 13.9. The first-order valence-corrected chi connectivity index (χ1v) is 11.3. The molecule has 1 aromatic rings. The van der Waals surface area contributed by atoms with Gasteiger partial charge in [-0.2, -0.15) is 0 Å². The van der Waals surface area contributed by atoms with Gasteiger partial charge in [0, 0.05) is 0 Å². The lowest BCUT2D eigenvalue weighted by Crippen LogP contribution is -2.58. The van der Waals surface area contributed by atoms with E-state index < -0.39 is 11.4 Å². The third kappa shape index (κ3) is 3.58. The van der Waals surface area contributed by atoms with Gasteiger partial charge in [0.2, 0.25) is 5.91 Å². The van der Waals surface area contributed by atoms with Gasteiger partial charge < -0.3 is 15.3 Å². The molecule has 1 saturated heterocycles. The van der Waals surface area contributed by atoms with E-state index in [0.717, 1.165) is 50.3 Å². The predicted octanol–water partition coefficient (Wildman–Crippen LogP) is 3.74. The summed E-state index contributed by atoms with van der Waals surface area (Å²) in [4.78, 5) is 27.4. The lowest BCUT2D eigenvalue weighted by Gasteiger charge is -2.51. The number of aliphatic carboxylic acids is 1. The Morgan fingerprint density at radius 2 is 1.83 bits per heavy atom. The molecule has 2 N–H and O–H groups in total. The highest BCUT2D eigenvalue weighted by Crippen LogP contribution is 2.51. The molecule has 1 amide bonds. The van der Waals surface area contributed by atoms with Gasteiger partial charge in [0.15, 0.2) is 0 Å². The van der Waals surface area contributed by atoms with Crippen LogP contribution in [0.5, 0.6) is 0 Å². The zero-order chi connectivity index (χ0) is 20.6. The standard InChI is InChI=1S/C24H34N2O3/c1-16(2)17-7-9-18(10-8-17)22-19-5-3-4-6-20(19)24(11-13-25-14-12-24)23(29)26(22)15-21(27)28/h3-6,16-18,22,25H,7-15H2,1-2H3,(H,27,28). The molecule has 1 spiro atoms. The number of hydrogen-bond donors (Lipinski definition) is 2. The van der Waals surface area contributed by atoms with E-state index in [9.17, 15) is 14.7 Å². The average Bonchev–Trinajstić information content (AvgIpc) is 2.73. The fourth-order valence-corrected chi connectivity index (χ4v) is 6.16. The minimum absolute atomic E-state index is 0.0380. The van der Waals surface area contributed by atoms with E-state index >= 15 is 0 Å². The predicted molar refractivity (Wildman–Crippen MR) is 113 cm³/mol. The Morgan fingerprint density at radius 1 is 1.17 bits per heavy atom. The van der Waals surface area contributed by atoms with Crippen molar-refractivity contribution in [2.75, 3.05) is 19.6 Å². The summed E-state index contributed by atoms with van der Waals surface area (Å²) >= 11 is 0. The number of amides is 1. The van der Waals surface area contributed by atoms with Crippen molar-refractivity contribution < 1.29 is 14.7 Å². The minimum Gasteiger partial charge on any atom is -0.480 e. The number of piperidine rings is 1. The van der Waals surface area contributed by atoms with Crippen LogP contribution in [-0.4, -0.2) is 41.5 Å². The van der Waals surface area contributed by atoms with Crippen LogP contribution in [0.2, 0.25) is 0 Å². The summed E-state index contributed by atoms with van der Waals surface area (Å²) in [6, 6.07) is 8.26. The Balaban J connectivity index is 1.74. The quantitative estimate of drug-likeness (QED) is 0.811. The number of carboxylic acid groups (broad SMARTS) is 1. The molecule has 158 valence electrons. The Labute approximate surface area is 173 Å². The monoisotopic (exact) mass is 398 g/mol. The molecular weight excluding hydrogens is 364 g/mol. The van der Waals surface area contributed by atoms with Crippen molar-refractivity contribution in [2.24, 2.45) is 17.8 Å². The SMILES string of the molecule is CC(C)C1CCC(C2c3ccccc3C3(CCNCC3)C(=O)N2CC(=O)O)CC1. The summed E-state index contributed by atoms with van der Waals surface area (Å²) in [5.74, 6) is 0.890. The molecule has 29 heavy (non-hydrogen) atoms. The van der Waals surface area contributed by atoms with Crippen molar-refractivity contribution in [1.29, 1.82) is 0 Å². The van der Waals surface area contributed by atoms with E-state index in [1.807, 2.05) is 6.07 Å². The second-order valence-corrected chi connectivity index (χ2v) is 9.61. The second-order valence-electron chi connectivity index (χ2n) is 9.61. The summed E-state index contributed by atoms with van der Waals surface area (Å²) in [5.41, 5.74) is 1.79. The number of hydrogen-bond acceptors (Lipinski definition) is 3. The number of benzene rings is 1. The van der Waals surface area contributed by atoms with Crippen molar-refractivity contribution in [1.82, 2.24) is 10.2 Å². The summed E-state index contributed by atoms with van der Waals surface area (Å²) in [6.45, 7) is 5.98. The van der Waals surface area contributed by atoms with Crippen LogP contribution < -0.4 is 5.32 Å². The third-order valence-electron chi connectivity index (χ3n) is 7.77. The fourth-order valence-electron chi connectivity index (χ4n) is 6.16. The average molecular weight is 399 g/mol. The molecule has 1 aliphatic carbocycles. The maximum Gasteiger partial charge on any atom is 0.323 e. The van der Waals surface area contributed by atoms with Gasteiger partial charge >= 0.3 is 5.97 Å². The topological polar surface area (TPSA) is 69.6 Å². The molecule has 5 heteroatoms. The van der Waals surface area contributed by atoms with Gasteiger partial charge in [-0.15, -0.1) is 0 Å². The van der Waals surface area contributed by atoms with Crippen LogP contribution in [0, 0.1) is 17.8 Å². The molecule has 4 rings (SSSR count). The molecule has 1 atom stereocenters. The van der Waals surface area contributed by atoms with E-state index in [1.54, 1.807) is 4.90 Å². The third-order valence-corrected chi connectivity index (χ3v) is 7.77. The van der Waals surface area contributed by atoms with E-state index in [-0.39, 0.29) is 18.5 Å². The van der Waals surface area contributed by atoms with Gasteiger partial charge in [-0.25, -0.2) is 0 Å². The number of rotatable bonds is 4. The Hall–Kier alpha value is -1.88. The largest absolute Gasteiger partial charge is 0.480 e. The zero-order valence-corrected chi connectivity index (χ0v) is 17.7. The Morgan fingerprint density at radius 3 is 2.45 bits per heavy atom.